The molecule has 0 bridgehead atoms. The van der Waals surface area contributed by atoms with Crippen molar-refractivity contribution in [1.82, 2.24) is 10.2 Å². The van der Waals surface area contributed by atoms with Gasteiger partial charge >= 0.3 is 5.97 Å². The summed E-state index contributed by atoms with van der Waals surface area (Å²) in [5.41, 5.74) is 0.554. The van der Waals surface area contributed by atoms with Crippen LogP contribution in [-0.2, 0) is 19.3 Å². The molecule has 3 rings (SSSR count). The summed E-state index contributed by atoms with van der Waals surface area (Å²) < 4.78 is 0. The van der Waals surface area contributed by atoms with E-state index < -0.39 is 29.4 Å². The van der Waals surface area contributed by atoms with Crippen LogP contribution in [0.15, 0.2) is 18.2 Å². The molecule has 192 valence electrons. The Balaban J connectivity index is 1.70. The molecule has 0 aliphatic carbocycles. The van der Waals surface area contributed by atoms with E-state index in [1.807, 2.05) is 20.8 Å². The van der Waals surface area contributed by atoms with Gasteiger partial charge in [-0.2, -0.15) is 0 Å². The zero-order chi connectivity index (χ0) is 25.6. The fourth-order valence-corrected chi connectivity index (χ4v) is 4.96. The molecule has 1 saturated heterocycles. The highest BCUT2D eigenvalue weighted by Crippen LogP contribution is 2.50. The first kappa shape index (κ1) is 26.7. The van der Waals surface area contributed by atoms with Crippen LogP contribution in [0.5, 0.6) is 5.75 Å². The molecule has 1 N–H and O–H groups in total. The average molecular weight is 487 g/mol. The molecular weight excluding hydrogens is 448 g/mol. The van der Waals surface area contributed by atoms with Crippen LogP contribution in [0.25, 0.3) is 0 Å². The number of piperidine rings is 1. The van der Waals surface area contributed by atoms with Crippen molar-refractivity contribution in [1.29, 1.82) is 0 Å². The Hall–Kier alpha value is -2.90. The maximum absolute atomic E-state index is 13.4. The minimum atomic E-state index is -0.760. The van der Waals surface area contributed by atoms with E-state index in [2.05, 4.69) is 12.2 Å². The Labute approximate surface area is 207 Å². The molecule has 8 heteroatoms. The van der Waals surface area contributed by atoms with Gasteiger partial charge in [0.1, 0.15) is 6.04 Å². The van der Waals surface area contributed by atoms with Crippen molar-refractivity contribution in [3.63, 3.8) is 0 Å². The molecule has 1 fully saturated rings. The van der Waals surface area contributed by atoms with Crippen molar-refractivity contribution in [3.8, 4) is 5.75 Å². The third kappa shape index (κ3) is 6.41. The molecule has 3 amide bonds. The molecule has 1 aromatic carbocycles. The number of imide groups is 1. The predicted octanol–water partition coefficient (Wildman–Crippen LogP) is 5.01. The van der Waals surface area contributed by atoms with Gasteiger partial charge in [-0.05, 0) is 30.4 Å². The molecule has 1 aromatic rings. The number of nitrogens with one attached hydrogen (secondary N) is 1. The first-order valence-electron chi connectivity index (χ1n) is 12.8. The van der Waals surface area contributed by atoms with Crippen molar-refractivity contribution >= 4 is 23.7 Å². The zero-order valence-corrected chi connectivity index (χ0v) is 21.4. The number of carbonyl (C=O) groups is 4. The van der Waals surface area contributed by atoms with Crippen LogP contribution in [0.1, 0.15) is 114 Å². The number of carbonyl (C=O) groups excluding carboxylic acids is 4. The molecule has 2 heterocycles. The molecule has 2 aliphatic heterocycles. The van der Waals surface area contributed by atoms with E-state index in [9.17, 15) is 19.2 Å². The molecule has 0 radical (unpaired) electrons. The van der Waals surface area contributed by atoms with E-state index in [-0.39, 0.29) is 31.1 Å². The summed E-state index contributed by atoms with van der Waals surface area (Å²) in [6.45, 7) is 8.11. The maximum Gasteiger partial charge on any atom is 0.355 e. The van der Waals surface area contributed by atoms with Gasteiger partial charge in [-0.15, -0.1) is 0 Å². The van der Waals surface area contributed by atoms with Crippen molar-refractivity contribution in [2.45, 2.75) is 104 Å². The number of hydrogen-bond donors (Lipinski definition) is 1. The molecule has 0 saturated carbocycles. The normalized spacial score (nSPS) is 20.0. The van der Waals surface area contributed by atoms with Crippen LogP contribution in [0.4, 0.5) is 0 Å². The second-order valence-corrected chi connectivity index (χ2v) is 10.6. The first-order valence-corrected chi connectivity index (χ1v) is 12.8. The fourth-order valence-electron chi connectivity index (χ4n) is 4.96. The van der Waals surface area contributed by atoms with Crippen molar-refractivity contribution in [3.05, 3.63) is 29.3 Å². The van der Waals surface area contributed by atoms with Gasteiger partial charge in [0.25, 0.3) is 5.91 Å². The van der Waals surface area contributed by atoms with E-state index in [1.54, 1.807) is 23.1 Å². The smallest absolute Gasteiger partial charge is 0.319 e. The van der Waals surface area contributed by atoms with E-state index in [4.69, 9.17) is 9.78 Å². The summed E-state index contributed by atoms with van der Waals surface area (Å²) >= 11 is 0. The van der Waals surface area contributed by atoms with Crippen molar-refractivity contribution in [2.75, 3.05) is 0 Å². The molecule has 2 atom stereocenters. The summed E-state index contributed by atoms with van der Waals surface area (Å²) in [7, 11) is 0. The van der Waals surface area contributed by atoms with Crippen LogP contribution >= 0.6 is 0 Å². The largest absolute Gasteiger partial charge is 0.355 e. The Morgan fingerprint density at radius 1 is 1.06 bits per heavy atom. The lowest BCUT2D eigenvalue weighted by Crippen LogP contribution is -2.54. The maximum atomic E-state index is 13.4. The summed E-state index contributed by atoms with van der Waals surface area (Å²) in [5, 5.41) is 2.35. The third-order valence-corrected chi connectivity index (χ3v) is 6.66. The van der Waals surface area contributed by atoms with Crippen molar-refractivity contribution < 1.29 is 29.0 Å². The molecular formula is C27H38N2O6. The monoisotopic (exact) mass is 486 g/mol. The second-order valence-electron chi connectivity index (χ2n) is 10.6. The summed E-state index contributed by atoms with van der Waals surface area (Å²) in [6, 6.07) is 3.77. The van der Waals surface area contributed by atoms with E-state index in [0.29, 0.717) is 16.9 Å². The van der Waals surface area contributed by atoms with Gasteiger partial charge in [-0.25, -0.2) is 4.79 Å². The number of amides is 3. The van der Waals surface area contributed by atoms with Gasteiger partial charge < -0.3 is 4.90 Å². The highest BCUT2D eigenvalue weighted by atomic mass is 17.2. The topological polar surface area (TPSA) is 102 Å². The Bertz CT molecular complexity index is 951. The number of rotatable bonds is 11. The highest BCUT2D eigenvalue weighted by molar-refractivity contribution is 6.06. The number of nitrogens with zero attached hydrogens (tertiary/aromatic N) is 1. The number of benzene rings is 1. The van der Waals surface area contributed by atoms with Gasteiger partial charge in [0, 0.05) is 17.5 Å². The van der Waals surface area contributed by atoms with Gasteiger partial charge in [0.15, 0.2) is 5.75 Å². The molecule has 0 aromatic heterocycles. The minimum Gasteiger partial charge on any atom is -0.319 e. The standard InChI is InChI=1S/C27H38N2O6/c1-5-6-7-8-9-10-11-15-22(31)35-34-20-14-12-13-18-23(20)24(27(2,3)4)29(26(18)33)19-16-17-21(30)28-25(19)32/h12-14,19,24H,5-11,15-17H2,1-4H3,(H,28,30,32). The van der Waals surface area contributed by atoms with Gasteiger partial charge in [-0.1, -0.05) is 72.3 Å². The fraction of sp³-hybridized carbons (Fsp3) is 0.630. The summed E-state index contributed by atoms with van der Waals surface area (Å²) in [4.78, 5) is 62.2. The van der Waals surface area contributed by atoms with Gasteiger partial charge in [0.05, 0.1) is 12.5 Å². The second kappa shape index (κ2) is 11.7. The van der Waals surface area contributed by atoms with Crippen LogP contribution in [0.2, 0.25) is 0 Å². The molecule has 35 heavy (non-hydrogen) atoms. The van der Waals surface area contributed by atoms with Crippen LogP contribution in [-0.4, -0.2) is 34.6 Å². The number of unbranched alkanes of at least 4 members (excludes halogenated alkanes) is 6. The Morgan fingerprint density at radius 3 is 2.40 bits per heavy atom. The van der Waals surface area contributed by atoms with Crippen LogP contribution in [0, 0.1) is 5.41 Å². The average Bonchev–Trinajstić information content (AvgIpc) is 3.10. The summed E-state index contributed by atoms with van der Waals surface area (Å²) in [5.74, 6) is -1.26. The SMILES string of the molecule is CCCCCCCCCC(=O)OOc1cccc2c1C(C(C)(C)C)N(C1CCC(=O)NC1=O)C2=O. The van der Waals surface area contributed by atoms with Crippen molar-refractivity contribution in [2.24, 2.45) is 5.41 Å². The molecule has 8 nitrogen and oxygen atoms in total. The quantitative estimate of drug-likeness (QED) is 0.204. The van der Waals surface area contributed by atoms with Gasteiger partial charge in [-0.3, -0.25) is 29.5 Å². The lowest BCUT2D eigenvalue weighted by atomic mass is 9.81. The minimum absolute atomic E-state index is 0.174. The van der Waals surface area contributed by atoms with Crippen LogP contribution in [0.3, 0.4) is 0 Å². The van der Waals surface area contributed by atoms with Crippen LogP contribution < -0.4 is 10.2 Å². The Kier molecular flexibility index (Phi) is 8.92. The van der Waals surface area contributed by atoms with E-state index in [1.165, 1.54) is 25.7 Å². The number of hydrogen-bond acceptors (Lipinski definition) is 6. The molecule has 2 aliphatic rings. The third-order valence-electron chi connectivity index (χ3n) is 6.66. The molecule has 2 unspecified atom stereocenters. The van der Waals surface area contributed by atoms with E-state index >= 15 is 0 Å². The predicted molar refractivity (Wildman–Crippen MR) is 130 cm³/mol. The lowest BCUT2D eigenvalue weighted by molar-refractivity contribution is -0.214. The van der Waals surface area contributed by atoms with E-state index in [0.717, 1.165) is 19.3 Å². The lowest BCUT2D eigenvalue weighted by Gasteiger charge is -2.40. The molecule has 0 spiro atoms. The van der Waals surface area contributed by atoms with Gasteiger partial charge in [0.2, 0.25) is 11.8 Å². The summed E-state index contributed by atoms with van der Waals surface area (Å²) in [6.07, 6.45) is 8.39. The Morgan fingerprint density at radius 2 is 1.74 bits per heavy atom. The first-order chi connectivity index (χ1) is 16.6. The zero-order valence-electron chi connectivity index (χ0n) is 21.4. The number of fused-ring (bicyclic) bond motifs is 1. The highest BCUT2D eigenvalue weighted by Gasteiger charge is 2.50.